The first-order valence-corrected chi connectivity index (χ1v) is 4.92. The van der Waals surface area contributed by atoms with Gasteiger partial charge in [-0.3, -0.25) is 9.59 Å². The second-order valence-electron chi connectivity index (χ2n) is 3.61. The largest absolute Gasteiger partial charge is 0.507 e. The van der Waals surface area contributed by atoms with Crippen LogP contribution in [0, 0.1) is 5.82 Å². The van der Waals surface area contributed by atoms with Gasteiger partial charge in [0.05, 0.1) is 6.42 Å². The maximum atomic E-state index is 13.3. The van der Waals surface area contributed by atoms with Crippen LogP contribution in [0.5, 0.6) is 5.75 Å². The molecular formula is C11H12FNO4. The molecule has 0 aliphatic heterocycles. The third-order valence-corrected chi connectivity index (χ3v) is 2.08. The minimum Gasteiger partial charge on any atom is -0.507 e. The van der Waals surface area contributed by atoms with Crippen LogP contribution in [0.2, 0.25) is 0 Å². The number of rotatable bonds is 4. The third-order valence-electron chi connectivity index (χ3n) is 2.08. The molecule has 1 rings (SSSR count). The number of aromatic hydroxyl groups is 1. The van der Waals surface area contributed by atoms with Crippen LogP contribution < -0.4 is 5.32 Å². The van der Waals surface area contributed by atoms with E-state index in [0.717, 1.165) is 6.07 Å². The van der Waals surface area contributed by atoms with Crippen LogP contribution >= 0.6 is 0 Å². The van der Waals surface area contributed by atoms with Crippen LogP contribution in [0.3, 0.4) is 0 Å². The van der Waals surface area contributed by atoms with Crippen molar-refractivity contribution in [3.63, 3.8) is 0 Å². The maximum absolute atomic E-state index is 13.3. The summed E-state index contributed by atoms with van der Waals surface area (Å²) in [7, 11) is 0. The summed E-state index contributed by atoms with van der Waals surface area (Å²) >= 11 is 0. The van der Waals surface area contributed by atoms with Gasteiger partial charge < -0.3 is 15.5 Å². The second-order valence-corrected chi connectivity index (χ2v) is 3.61. The van der Waals surface area contributed by atoms with Gasteiger partial charge in [-0.15, -0.1) is 0 Å². The Kier molecular flexibility index (Phi) is 4.03. The molecule has 6 heteroatoms. The van der Waals surface area contributed by atoms with E-state index in [-0.39, 0.29) is 6.42 Å². The van der Waals surface area contributed by atoms with Gasteiger partial charge in [0, 0.05) is 6.04 Å². The van der Waals surface area contributed by atoms with Gasteiger partial charge in [-0.1, -0.05) is 6.07 Å². The Morgan fingerprint density at radius 2 is 2.12 bits per heavy atom. The number of halogens is 1. The Hall–Kier alpha value is -2.11. The van der Waals surface area contributed by atoms with Crippen LogP contribution in [-0.4, -0.2) is 28.1 Å². The number of carbonyl (C=O) groups is 2. The summed E-state index contributed by atoms with van der Waals surface area (Å²) in [4.78, 5) is 22.0. The van der Waals surface area contributed by atoms with E-state index in [1.807, 2.05) is 0 Å². The Morgan fingerprint density at radius 1 is 1.47 bits per heavy atom. The van der Waals surface area contributed by atoms with E-state index >= 15 is 0 Å². The minimum absolute atomic E-state index is 0.277. The van der Waals surface area contributed by atoms with E-state index < -0.39 is 35.0 Å². The number of carboxylic acid groups (broad SMARTS) is 1. The lowest BCUT2D eigenvalue weighted by Gasteiger charge is -2.12. The molecule has 0 heterocycles. The van der Waals surface area contributed by atoms with Crippen molar-refractivity contribution >= 4 is 11.9 Å². The van der Waals surface area contributed by atoms with E-state index in [1.165, 1.54) is 19.1 Å². The van der Waals surface area contributed by atoms with E-state index in [0.29, 0.717) is 0 Å². The van der Waals surface area contributed by atoms with Gasteiger partial charge in [0.15, 0.2) is 0 Å². The summed E-state index contributed by atoms with van der Waals surface area (Å²) in [5.41, 5.74) is -0.482. The highest BCUT2D eigenvalue weighted by atomic mass is 19.1. The summed E-state index contributed by atoms with van der Waals surface area (Å²) in [6.07, 6.45) is -0.277. The van der Waals surface area contributed by atoms with Gasteiger partial charge in [-0.2, -0.15) is 0 Å². The lowest BCUT2D eigenvalue weighted by molar-refractivity contribution is -0.137. The van der Waals surface area contributed by atoms with Crippen molar-refractivity contribution in [3.8, 4) is 5.75 Å². The predicted molar refractivity (Wildman–Crippen MR) is 57.2 cm³/mol. The van der Waals surface area contributed by atoms with Crippen LogP contribution in [0.1, 0.15) is 23.7 Å². The Labute approximate surface area is 96.9 Å². The first-order chi connectivity index (χ1) is 7.91. The fraction of sp³-hybridized carbons (Fsp3) is 0.273. The predicted octanol–water partition coefficient (Wildman–Crippen LogP) is 1.12. The summed E-state index contributed by atoms with van der Waals surface area (Å²) in [5.74, 6) is -3.25. The SMILES string of the molecule is CC(CC(=O)O)NC(=O)c1c(O)cccc1F. The van der Waals surface area contributed by atoms with Crippen molar-refractivity contribution in [2.45, 2.75) is 19.4 Å². The lowest BCUT2D eigenvalue weighted by atomic mass is 10.1. The molecule has 1 aromatic carbocycles. The molecule has 92 valence electrons. The van der Waals surface area contributed by atoms with Gasteiger partial charge in [0.2, 0.25) is 0 Å². The average Bonchev–Trinajstić information content (AvgIpc) is 2.15. The molecule has 1 aromatic rings. The topological polar surface area (TPSA) is 86.6 Å². The summed E-state index contributed by atoms with van der Waals surface area (Å²) in [5, 5.41) is 20.1. The van der Waals surface area contributed by atoms with Crippen molar-refractivity contribution in [3.05, 3.63) is 29.6 Å². The van der Waals surface area contributed by atoms with E-state index in [4.69, 9.17) is 5.11 Å². The molecule has 5 nitrogen and oxygen atoms in total. The van der Waals surface area contributed by atoms with Gasteiger partial charge in [0.1, 0.15) is 17.1 Å². The summed E-state index contributed by atoms with van der Waals surface area (Å²) in [6.45, 7) is 1.48. The van der Waals surface area contributed by atoms with Crippen molar-refractivity contribution in [2.24, 2.45) is 0 Å². The first kappa shape index (κ1) is 13.0. The van der Waals surface area contributed by atoms with Crippen LogP contribution in [0.4, 0.5) is 4.39 Å². The monoisotopic (exact) mass is 241 g/mol. The van der Waals surface area contributed by atoms with E-state index in [2.05, 4.69) is 5.32 Å². The molecule has 3 N–H and O–H groups in total. The highest BCUT2D eigenvalue weighted by Gasteiger charge is 2.19. The number of nitrogens with one attached hydrogen (secondary N) is 1. The Balaban J connectivity index is 2.80. The number of carbonyl (C=O) groups excluding carboxylic acids is 1. The third kappa shape index (κ3) is 3.44. The average molecular weight is 241 g/mol. The number of benzene rings is 1. The Bertz CT molecular complexity index is 427. The normalized spacial score (nSPS) is 11.9. The standard InChI is InChI=1S/C11H12FNO4/c1-6(5-9(15)16)13-11(17)10-7(12)3-2-4-8(10)14/h2-4,6,14H,5H2,1H3,(H,13,17)(H,15,16). The van der Waals surface area contributed by atoms with Crippen molar-refractivity contribution in [2.75, 3.05) is 0 Å². The van der Waals surface area contributed by atoms with Crippen molar-refractivity contribution < 1.29 is 24.2 Å². The molecule has 0 saturated carbocycles. The molecule has 1 unspecified atom stereocenters. The molecule has 1 atom stereocenters. The van der Waals surface area contributed by atoms with Gasteiger partial charge in [0.25, 0.3) is 5.91 Å². The molecule has 0 bridgehead atoms. The van der Waals surface area contributed by atoms with E-state index in [9.17, 15) is 19.1 Å². The number of hydrogen-bond donors (Lipinski definition) is 3. The number of phenolic OH excluding ortho intramolecular Hbond substituents is 1. The van der Waals surface area contributed by atoms with Gasteiger partial charge in [-0.25, -0.2) is 4.39 Å². The van der Waals surface area contributed by atoms with Gasteiger partial charge in [-0.05, 0) is 19.1 Å². The molecule has 0 saturated heterocycles. The zero-order chi connectivity index (χ0) is 13.0. The van der Waals surface area contributed by atoms with E-state index in [1.54, 1.807) is 0 Å². The zero-order valence-electron chi connectivity index (χ0n) is 9.11. The molecule has 0 aromatic heterocycles. The lowest BCUT2D eigenvalue weighted by Crippen LogP contribution is -2.34. The number of aliphatic carboxylic acids is 1. The molecule has 0 radical (unpaired) electrons. The highest BCUT2D eigenvalue weighted by molar-refractivity contribution is 5.97. The maximum Gasteiger partial charge on any atom is 0.305 e. The second kappa shape index (κ2) is 5.29. The highest BCUT2D eigenvalue weighted by Crippen LogP contribution is 2.19. The van der Waals surface area contributed by atoms with Crippen LogP contribution in [-0.2, 0) is 4.79 Å². The molecule has 0 fully saturated rings. The number of phenols is 1. The smallest absolute Gasteiger partial charge is 0.305 e. The number of carboxylic acids is 1. The molecule has 17 heavy (non-hydrogen) atoms. The zero-order valence-corrected chi connectivity index (χ0v) is 9.11. The van der Waals surface area contributed by atoms with Crippen molar-refractivity contribution in [1.82, 2.24) is 5.32 Å². The fourth-order valence-corrected chi connectivity index (χ4v) is 1.35. The summed E-state index contributed by atoms with van der Waals surface area (Å²) < 4.78 is 13.3. The van der Waals surface area contributed by atoms with Crippen molar-refractivity contribution in [1.29, 1.82) is 0 Å². The fourth-order valence-electron chi connectivity index (χ4n) is 1.35. The molecule has 0 aliphatic rings. The quantitative estimate of drug-likeness (QED) is 0.737. The summed E-state index contributed by atoms with van der Waals surface area (Å²) in [6, 6.07) is 2.83. The van der Waals surface area contributed by atoms with Crippen LogP contribution in [0.25, 0.3) is 0 Å². The van der Waals surface area contributed by atoms with Crippen LogP contribution in [0.15, 0.2) is 18.2 Å². The minimum atomic E-state index is -1.07. The number of hydrogen-bond acceptors (Lipinski definition) is 3. The Morgan fingerprint density at radius 3 is 2.65 bits per heavy atom. The molecule has 1 amide bonds. The number of amides is 1. The first-order valence-electron chi connectivity index (χ1n) is 4.92. The van der Waals surface area contributed by atoms with Gasteiger partial charge >= 0.3 is 5.97 Å². The molecule has 0 aliphatic carbocycles. The molecule has 0 spiro atoms. The molecular weight excluding hydrogens is 229 g/mol.